The van der Waals surface area contributed by atoms with Crippen LogP contribution < -0.4 is 0 Å². The van der Waals surface area contributed by atoms with Gasteiger partial charge in [0, 0.05) is 0 Å². The van der Waals surface area contributed by atoms with Gasteiger partial charge in [-0.25, -0.2) is 4.79 Å². The molecule has 0 spiro atoms. The molecule has 1 saturated carbocycles. The van der Waals surface area contributed by atoms with E-state index in [9.17, 15) is 18.7 Å². The van der Waals surface area contributed by atoms with Crippen molar-refractivity contribution in [2.45, 2.75) is 58.5 Å². The minimum Gasteiger partial charge on any atom is -0.477 e. The normalized spacial score (nSPS) is 26.5. The smallest absolute Gasteiger partial charge is 0.377 e. The van der Waals surface area contributed by atoms with Crippen LogP contribution in [0.2, 0.25) is 0 Å². The standard InChI is InChI=1S/C12H20F2O3/c1-9(2)5-10(3,4)7-11(17,6-9)12(13,14)8(15)16/h17H,5-7H2,1-4H3,(H,15,16). The summed E-state index contributed by atoms with van der Waals surface area (Å²) < 4.78 is 27.3. The van der Waals surface area contributed by atoms with E-state index >= 15 is 0 Å². The van der Waals surface area contributed by atoms with Crippen LogP contribution in [-0.2, 0) is 4.79 Å². The molecule has 2 N–H and O–H groups in total. The molecule has 0 amide bonds. The molecular weight excluding hydrogens is 230 g/mol. The second kappa shape index (κ2) is 3.64. The summed E-state index contributed by atoms with van der Waals surface area (Å²) in [5.41, 5.74) is -3.48. The van der Waals surface area contributed by atoms with Gasteiger partial charge in [-0.3, -0.25) is 0 Å². The first-order valence-electron chi connectivity index (χ1n) is 5.65. The molecule has 0 atom stereocenters. The average Bonchev–Trinajstić information content (AvgIpc) is 1.95. The van der Waals surface area contributed by atoms with Crippen LogP contribution in [0.5, 0.6) is 0 Å². The number of carboxylic acids is 1. The fraction of sp³-hybridized carbons (Fsp3) is 0.917. The maximum absolute atomic E-state index is 13.7. The van der Waals surface area contributed by atoms with E-state index in [1.54, 1.807) is 27.7 Å². The maximum Gasteiger partial charge on any atom is 0.377 e. The van der Waals surface area contributed by atoms with Gasteiger partial charge in [-0.2, -0.15) is 8.78 Å². The summed E-state index contributed by atoms with van der Waals surface area (Å²) in [5.74, 6) is -6.37. The van der Waals surface area contributed by atoms with Crippen molar-refractivity contribution in [3.05, 3.63) is 0 Å². The highest BCUT2D eigenvalue weighted by molar-refractivity contribution is 5.77. The Kier molecular flexibility index (Phi) is 3.07. The van der Waals surface area contributed by atoms with Gasteiger partial charge in [0.05, 0.1) is 0 Å². The SMILES string of the molecule is CC1(C)CC(C)(C)CC(O)(C(F)(F)C(=O)O)C1. The zero-order valence-electron chi connectivity index (χ0n) is 10.7. The molecule has 0 unspecified atom stereocenters. The topological polar surface area (TPSA) is 57.5 Å². The number of hydrogen-bond acceptors (Lipinski definition) is 2. The van der Waals surface area contributed by atoms with Gasteiger partial charge in [0.1, 0.15) is 5.60 Å². The van der Waals surface area contributed by atoms with E-state index in [0.29, 0.717) is 6.42 Å². The molecule has 1 rings (SSSR count). The second-order valence-corrected chi connectivity index (χ2v) is 6.77. The summed E-state index contributed by atoms with van der Waals surface area (Å²) in [7, 11) is 0. The summed E-state index contributed by atoms with van der Waals surface area (Å²) in [5, 5.41) is 18.7. The maximum atomic E-state index is 13.7. The first-order chi connectivity index (χ1) is 7.31. The van der Waals surface area contributed by atoms with Crippen molar-refractivity contribution in [1.29, 1.82) is 0 Å². The lowest BCUT2D eigenvalue weighted by Gasteiger charge is -2.50. The van der Waals surface area contributed by atoms with E-state index in [4.69, 9.17) is 5.11 Å². The molecule has 0 saturated heterocycles. The molecule has 0 aromatic rings. The number of halogens is 2. The number of rotatable bonds is 2. The number of carbonyl (C=O) groups is 1. The minimum absolute atomic E-state index is 0.206. The Morgan fingerprint density at radius 3 is 1.71 bits per heavy atom. The molecular formula is C12H20F2O3. The summed E-state index contributed by atoms with van der Waals surface area (Å²) in [6, 6.07) is 0. The van der Waals surface area contributed by atoms with Gasteiger partial charge in [0.15, 0.2) is 0 Å². The average molecular weight is 250 g/mol. The molecule has 1 aliphatic rings. The van der Waals surface area contributed by atoms with Crippen molar-refractivity contribution >= 4 is 5.97 Å². The van der Waals surface area contributed by atoms with Gasteiger partial charge in [0.2, 0.25) is 0 Å². The molecule has 1 fully saturated rings. The summed E-state index contributed by atoms with van der Waals surface area (Å²) in [6.07, 6.45) is 0.267. The van der Waals surface area contributed by atoms with Crippen LogP contribution in [0.1, 0.15) is 47.0 Å². The van der Waals surface area contributed by atoms with Crippen molar-refractivity contribution in [1.82, 2.24) is 0 Å². The van der Waals surface area contributed by atoms with Crippen molar-refractivity contribution < 1.29 is 23.8 Å². The third kappa shape index (κ3) is 2.59. The predicted molar refractivity (Wildman–Crippen MR) is 58.9 cm³/mol. The van der Waals surface area contributed by atoms with E-state index in [1.807, 2.05) is 0 Å². The Morgan fingerprint density at radius 1 is 1.06 bits per heavy atom. The minimum atomic E-state index is -4.11. The van der Waals surface area contributed by atoms with Gasteiger partial charge in [-0.1, -0.05) is 27.7 Å². The van der Waals surface area contributed by atoms with Crippen LogP contribution in [-0.4, -0.2) is 27.7 Å². The molecule has 0 aliphatic heterocycles. The van der Waals surface area contributed by atoms with Crippen molar-refractivity contribution in [3.8, 4) is 0 Å². The van der Waals surface area contributed by atoms with E-state index in [2.05, 4.69) is 0 Å². The molecule has 0 aromatic carbocycles. The van der Waals surface area contributed by atoms with Crippen molar-refractivity contribution in [2.75, 3.05) is 0 Å². The highest BCUT2D eigenvalue weighted by atomic mass is 19.3. The molecule has 0 heterocycles. The second-order valence-electron chi connectivity index (χ2n) is 6.77. The van der Waals surface area contributed by atoms with E-state index in [-0.39, 0.29) is 12.8 Å². The Bertz CT molecular complexity index is 319. The summed E-state index contributed by atoms with van der Waals surface area (Å²) in [4.78, 5) is 10.6. The van der Waals surface area contributed by atoms with Gasteiger partial charge in [-0.05, 0) is 30.1 Å². The quantitative estimate of drug-likeness (QED) is 0.792. The number of hydrogen-bond donors (Lipinski definition) is 2. The lowest BCUT2D eigenvalue weighted by molar-refractivity contribution is -0.235. The number of aliphatic carboxylic acids is 1. The molecule has 17 heavy (non-hydrogen) atoms. The van der Waals surface area contributed by atoms with Crippen LogP contribution in [0.4, 0.5) is 8.78 Å². The van der Waals surface area contributed by atoms with Crippen LogP contribution in [0.25, 0.3) is 0 Å². The molecule has 3 nitrogen and oxygen atoms in total. The number of alkyl halides is 2. The third-order valence-corrected chi connectivity index (χ3v) is 3.35. The number of aliphatic hydroxyl groups is 1. The fourth-order valence-corrected chi connectivity index (χ4v) is 3.49. The van der Waals surface area contributed by atoms with Crippen LogP contribution in [0, 0.1) is 10.8 Å². The highest BCUT2D eigenvalue weighted by Crippen LogP contribution is 2.54. The molecule has 0 bridgehead atoms. The van der Waals surface area contributed by atoms with Gasteiger partial charge < -0.3 is 10.2 Å². The zero-order chi connectivity index (χ0) is 13.7. The molecule has 100 valence electrons. The lowest BCUT2D eigenvalue weighted by Crippen LogP contribution is -2.59. The highest BCUT2D eigenvalue weighted by Gasteiger charge is 2.63. The molecule has 1 aliphatic carbocycles. The van der Waals surface area contributed by atoms with Crippen LogP contribution in [0.3, 0.4) is 0 Å². The Balaban J connectivity index is 3.16. The van der Waals surface area contributed by atoms with E-state index < -0.39 is 28.3 Å². The Hall–Kier alpha value is -0.710. The predicted octanol–water partition coefficient (Wildman–Crippen LogP) is 2.67. The molecule has 0 aromatic heterocycles. The summed E-state index contributed by atoms with van der Waals surface area (Å²) in [6.45, 7) is 7.10. The van der Waals surface area contributed by atoms with Gasteiger partial charge >= 0.3 is 11.9 Å². The Labute approximate surface area is 99.8 Å². The first-order valence-corrected chi connectivity index (χ1v) is 5.65. The zero-order valence-corrected chi connectivity index (χ0v) is 10.7. The molecule has 0 radical (unpaired) electrons. The van der Waals surface area contributed by atoms with Crippen LogP contribution in [0.15, 0.2) is 0 Å². The Morgan fingerprint density at radius 2 is 1.41 bits per heavy atom. The third-order valence-electron chi connectivity index (χ3n) is 3.35. The van der Waals surface area contributed by atoms with Crippen molar-refractivity contribution in [3.63, 3.8) is 0 Å². The van der Waals surface area contributed by atoms with E-state index in [0.717, 1.165) is 0 Å². The first kappa shape index (κ1) is 14.4. The number of carboxylic acid groups (broad SMARTS) is 1. The molecule has 5 heteroatoms. The fourth-order valence-electron chi connectivity index (χ4n) is 3.49. The lowest BCUT2D eigenvalue weighted by atomic mass is 9.58. The van der Waals surface area contributed by atoms with E-state index in [1.165, 1.54) is 0 Å². The van der Waals surface area contributed by atoms with Gasteiger partial charge in [0.25, 0.3) is 0 Å². The van der Waals surface area contributed by atoms with Crippen molar-refractivity contribution in [2.24, 2.45) is 10.8 Å². The summed E-state index contributed by atoms with van der Waals surface area (Å²) >= 11 is 0. The monoisotopic (exact) mass is 250 g/mol. The van der Waals surface area contributed by atoms with Crippen LogP contribution >= 0.6 is 0 Å². The van der Waals surface area contributed by atoms with Gasteiger partial charge in [-0.15, -0.1) is 0 Å². The largest absolute Gasteiger partial charge is 0.477 e.